The minimum Gasteiger partial charge on any atom is -0.497 e. The number of aromatic nitrogens is 3. The van der Waals surface area contributed by atoms with Gasteiger partial charge in [-0.1, -0.05) is 26.0 Å². The predicted octanol–water partition coefficient (Wildman–Crippen LogP) is 4.27. The number of halogens is 1. The molecular formula is C18H22FN3O. The van der Waals surface area contributed by atoms with Crippen molar-refractivity contribution in [2.45, 2.75) is 34.2 Å². The van der Waals surface area contributed by atoms with Gasteiger partial charge in [0.05, 0.1) is 25.0 Å². The molecule has 0 unspecified atom stereocenters. The predicted molar refractivity (Wildman–Crippen MR) is 90.4 cm³/mol. The molecule has 23 heavy (non-hydrogen) atoms. The van der Waals surface area contributed by atoms with Crippen molar-refractivity contribution in [2.75, 3.05) is 7.11 Å². The molecule has 0 bridgehead atoms. The SMILES string of the molecule is CC.COc1ccc(Cn2nc(C)c3cc(F)c(C)nc32)cc1. The summed E-state index contributed by atoms with van der Waals surface area (Å²) in [7, 11) is 1.64. The van der Waals surface area contributed by atoms with Crippen LogP contribution in [-0.4, -0.2) is 21.9 Å². The number of benzene rings is 1. The van der Waals surface area contributed by atoms with Crippen molar-refractivity contribution in [1.82, 2.24) is 14.8 Å². The molecule has 0 saturated carbocycles. The van der Waals surface area contributed by atoms with Crippen LogP contribution in [0.25, 0.3) is 11.0 Å². The van der Waals surface area contributed by atoms with E-state index in [4.69, 9.17) is 4.74 Å². The highest BCUT2D eigenvalue weighted by Gasteiger charge is 2.12. The summed E-state index contributed by atoms with van der Waals surface area (Å²) in [5.41, 5.74) is 2.97. The largest absolute Gasteiger partial charge is 0.497 e. The Morgan fingerprint density at radius 3 is 2.35 bits per heavy atom. The Kier molecular flexibility index (Phi) is 5.32. The van der Waals surface area contributed by atoms with Gasteiger partial charge in [-0.2, -0.15) is 5.10 Å². The highest BCUT2D eigenvalue weighted by molar-refractivity contribution is 5.78. The third-order valence-electron chi connectivity index (χ3n) is 3.53. The number of pyridine rings is 1. The molecule has 3 rings (SSSR count). The summed E-state index contributed by atoms with van der Waals surface area (Å²) >= 11 is 0. The maximum atomic E-state index is 13.6. The first-order valence-corrected chi connectivity index (χ1v) is 7.71. The zero-order valence-electron chi connectivity index (χ0n) is 14.2. The van der Waals surface area contributed by atoms with E-state index in [9.17, 15) is 4.39 Å². The molecule has 2 heterocycles. The van der Waals surface area contributed by atoms with Gasteiger partial charge < -0.3 is 4.74 Å². The summed E-state index contributed by atoms with van der Waals surface area (Å²) in [4.78, 5) is 4.33. The van der Waals surface area contributed by atoms with Crippen LogP contribution in [0.5, 0.6) is 5.75 Å². The van der Waals surface area contributed by atoms with Gasteiger partial charge >= 0.3 is 0 Å². The third kappa shape index (κ3) is 3.50. The van der Waals surface area contributed by atoms with Crippen LogP contribution >= 0.6 is 0 Å². The fraction of sp³-hybridized carbons (Fsp3) is 0.333. The second-order valence-corrected chi connectivity index (χ2v) is 5.02. The van der Waals surface area contributed by atoms with E-state index in [2.05, 4.69) is 10.1 Å². The summed E-state index contributed by atoms with van der Waals surface area (Å²) in [6.07, 6.45) is 0. The third-order valence-corrected chi connectivity index (χ3v) is 3.53. The molecule has 0 radical (unpaired) electrons. The molecule has 0 aliphatic heterocycles. The number of fused-ring (bicyclic) bond motifs is 1. The van der Waals surface area contributed by atoms with Crippen molar-refractivity contribution in [3.05, 3.63) is 53.1 Å². The Bertz CT molecular complexity index is 794. The van der Waals surface area contributed by atoms with E-state index in [0.717, 1.165) is 22.4 Å². The van der Waals surface area contributed by atoms with Crippen LogP contribution in [0.3, 0.4) is 0 Å². The Morgan fingerprint density at radius 2 is 1.74 bits per heavy atom. The fourth-order valence-electron chi connectivity index (χ4n) is 2.33. The number of hydrogen-bond acceptors (Lipinski definition) is 3. The summed E-state index contributed by atoms with van der Waals surface area (Å²) in [5.74, 6) is 0.519. The molecule has 122 valence electrons. The topological polar surface area (TPSA) is 39.9 Å². The average molecular weight is 315 g/mol. The maximum absolute atomic E-state index is 13.6. The highest BCUT2D eigenvalue weighted by atomic mass is 19.1. The molecule has 0 spiro atoms. The van der Waals surface area contributed by atoms with Crippen LogP contribution in [0.2, 0.25) is 0 Å². The molecule has 0 aliphatic rings. The van der Waals surface area contributed by atoms with E-state index in [1.54, 1.807) is 18.7 Å². The second-order valence-electron chi connectivity index (χ2n) is 5.02. The van der Waals surface area contributed by atoms with Gasteiger partial charge in [-0.15, -0.1) is 0 Å². The van der Waals surface area contributed by atoms with Crippen molar-refractivity contribution in [1.29, 1.82) is 0 Å². The summed E-state index contributed by atoms with van der Waals surface area (Å²) < 4.78 is 20.6. The minimum absolute atomic E-state index is 0.297. The van der Waals surface area contributed by atoms with Crippen LogP contribution in [0.1, 0.15) is 30.8 Å². The van der Waals surface area contributed by atoms with Crippen molar-refractivity contribution in [3.63, 3.8) is 0 Å². The Hall–Kier alpha value is -2.43. The number of ether oxygens (including phenoxy) is 1. The van der Waals surface area contributed by atoms with Crippen LogP contribution in [0.4, 0.5) is 4.39 Å². The van der Waals surface area contributed by atoms with Gasteiger partial charge in [0, 0.05) is 5.39 Å². The molecule has 3 aromatic rings. The molecule has 0 N–H and O–H groups in total. The molecule has 0 fully saturated rings. The van der Waals surface area contributed by atoms with Crippen molar-refractivity contribution in [3.8, 4) is 5.75 Å². The lowest BCUT2D eigenvalue weighted by atomic mass is 10.2. The molecule has 5 heteroatoms. The molecule has 1 aromatic carbocycles. The lowest BCUT2D eigenvalue weighted by Crippen LogP contribution is -2.03. The molecule has 4 nitrogen and oxygen atoms in total. The van der Waals surface area contributed by atoms with Crippen molar-refractivity contribution >= 4 is 11.0 Å². The lowest BCUT2D eigenvalue weighted by Gasteiger charge is -2.05. The van der Waals surface area contributed by atoms with Gasteiger partial charge in [-0.25, -0.2) is 14.1 Å². The van der Waals surface area contributed by atoms with E-state index in [1.165, 1.54) is 6.07 Å². The quantitative estimate of drug-likeness (QED) is 0.724. The first-order valence-electron chi connectivity index (χ1n) is 7.71. The maximum Gasteiger partial charge on any atom is 0.158 e. The van der Waals surface area contributed by atoms with E-state index < -0.39 is 0 Å². The number of methoxy groups -OCH3 is 1. The van der Waals surface area contributed by atoms with Gasteiger partial charge in [0.25, 0.3) is 0 Å². The first-order chi connectivity index (χ1) is 11.1. The molecule has 0 atom stereocenters. The normalized spacial score (nSPS) is 10.3. The fourth-order valence-corrected chi connectivity index (χ4v) is 2.33. The summed E-state index contributed by atoms with van der Waals surface area (Å²) in [6.45, 7) is 8.12. The zero-order chi connectivity index (χ0) is 17.0. The standard InChI is InChI=1S/C16H16FN3O.C2H6/c1-10-14-8-15(17)11(2)18-16(14)20(19-10)9-12-4-6-13(21-3)7-5-12;1-2/h4-8H,9H2,1-3H3;1-2H3. The number of aryl methyl sites for hydroxylation is 2. The van der Waals surface area contributed by atoms with E-state index in [1.807, 2.05) is 45.0 Å². The smallest absolute Gasteiger partial charge is 0.158 e. The van der Waals surface area contributed by atoms with Crippen molar-refractivity contribution in [2.24, 2.45) is 0 Å². The molecule has 0 amide bonds. The van der Waals surface area contributed by atoms with Gasteiger partial charge in [0.1, 0.15) is 11.6 Å². The molecule has 0 aliphatic carbocycles. The van der Waals surface area contributed by atoms with Crippen LogP contribution in [-0.2, 0) is 6.54 Å². The Labute approximate surface area is 135 Å². The monoisotopic (exact) mass is 315 g/mol. The Morgan fingerprint density at radius 1 is 1.09 bits per heavy atom. The van der Waals surface area contributed by atoms with Gasteiger partial charge in [-0.3, -0.25) is 0 Å². The number of rotatable bonds is 3. The summed E-state index contributed by atoms with van der Waals surface area (Å²) in [6, 6.07) is 9.29. The summed E-state index contributed by atoms with van der Waals surface area (Å²) in [5, 5.41) is 5.22. The minimum atomic E-state index is -0.297. The average Bonchev–Trinajstić information content (AvgIpc) is 2.86. The number of nitrogens with zero attached hydrogens (tertiary/aromatic N) is 3. The van der Waals surface area contributed by atoms with Crippen LogP contribution in [0, 0.1) is 19.7 Å². The second kappa shape index (κ2) is 7.22. The zero-order valence-corrected chi connectivity index (χ0v) is 14.2. The molecular weight excluding hydrogens is 293 g/mol. The van der Waals surface area contributed by atoms with Crippen molar-refractivity contribution < 1.29 is 9.13 Å². The Balaban J connectivity index is 0.000000924. The number of hydrogen-bond donors (Lipinski definition) is 0. The van der Waals surface area contributed by atoms with Gasteiger partial charge in [0.15, 0.2) is 5.65 Å². The molecule has 0 saturated heterocycles. The van der Waals surface area contributed by atoms with Crippen LogP contribution < -0.4 is 4.74 Å². The van der Waals surface area contributed by atoms with Gasteiger partial charge in [0.2, 0.25) is 0 Å². The van der Waals surface area contributed by atoms with E-state index >= 15 is 0 Å². The molecule has 2 aromatic heterocycles. The first kappa shape index (κ1) is 16.9. The van der Waals surface area contributed by atoms with Gasteiger partial charge in [-0.05, 0) is 37.6 Å². The van der Waals surface area contributed by atoms with Crippen LogP contribution in [0.15, 0.2) is 30.3 Å². The highest BCUT2D eigenvalue weighted by Crippen LogP contribution is 2.20. The van der Waals surface area contributed by atoms with E-state index in [-0.39, 0.29) is 5.82 Å². The van der Waals surface area contributed by atoms with E-state index in [0.29, 0.717) is 17.9 Å². The lowest BCUT2D eigenvalue weighted by molar-refractivity contribution is 0.414.